The second kappa shape index (κ2) is 8.87. The number of thiazole rings is 1. The number of aliphatic imine (C=N–C) groups is 1. The summed E-state index contributed by atoms with van der Waals surface area (Å²) in [6.45, 7) is 5.00. The van der Waals surface area contributed by atoms with Gasteiger partial charge in [-0.1, -0.05) is 30.3 Å². The van der Waals surface area contributed by atoms with Crippen LogP contribution in [0.5, 0.6) is 0 Å². The first-order chi connectivity index (χ1) is 12.3. The Hall–Kier alpha value is -1.20. The van der Waals surface area contributed by atoms with Crippen molar-refractivity contribution in [1.82, 2.24) is 15.2 Å². The highest BCUT2D eigenvalue weighted by molar-refractivity contribution is 14.0. The quantitative estimate of drug-likeness (QED) is 0.383. The standard InChI is InChI=1S/C18H24N4O2S2.HI/c1-18(2)13-22(9-10-26(18,23)24)17(19-3)20-11-16-21-15(12-25-16)14-7-5-4-6-8-14;/h4-8,12H,9-11,13H2,1-3H3,(H,19,20);1H. The molecule has 0 saturated carbocycles. The van der Waals surface area contributed by atoms with Crippen LogP contribution in [-0.2, 0) is 16.4 Å². The van der Waals surface area contributed by atoms with Gasteiger partial charge in [0, 0.05) is 31.1 Å². The van der Waals surface area contributed by atoms with Crippen molar-refractivity contribution < 1.29 is 8.42 Å². The van der Waals surface area contributed by atoms with Crippen LogP contribution < -0.4 is 5.32 Å². The van der Waals surface area contributed by atoms with Crippen molar-refractivity contribution in [3.8, 4) is 11.3 Å². The lowest BCUT2D eigenvalue weighted by Gasteiger charge is -2.39. The zero-order valence-electron chi connectivity index (χ0n) is 15.7. The van der Waals surface area contributed by atoms with Crippen LogP contribution >= 0.6 is 35.3 Å². The highest BCUT2D eigenvalue weighted by Gasteiger charge is 2.40. The van der Waals surface area contributed by atoms with E-state index >= 15 is 0 Å². The molecule has 0 unspecified atom stereocenters. The van der Waals surface area contributed by atoms with E-state index in [0.717, 1.165) is 16.3 Å². The normalized spacial score (nSPS) is 18.6. The third-order valence-electron chi connectivity index (χ3n) is 4.57. The Morgan fingerprint density at radius 1 is 1.33 bits per heavy atom. The van der Waals surface area contributed by atoms with E-state index in [9.17, 15) is 8.42 Å². The molecule has 1 aromatic heterocycles. The average Bonchev–Trinajstić information content (AvgIpc) is 3.08. The van der Waals surface area contributed by atoms with Gasteiger partial charge in [-0.3, -0.25) is 4.99 Å². The Morgan fingerprint density at radius 2 is 2.04 bits per heavy atom. The maximum Gasteiger partial charge on any atom is 0.194 e. The molecule has 6 nitrogen and oxygen atoms in total. The minimum Gasteiger partial charge on any atom is -0.350 e. The van der Waals surface area contributed by atoms with Gasteiger partial charge in [-0.15, -0.1) is 35.3 Å². The molecule has 0 amide bonds. The molecule has 0 atom stereocenters. The fraction of sp³-hybridized carbons (Fsp3) is 0.444. The van der Waals surface area contributed by atoms with Crippen LogP contribution in [0.3, 0.4) is 0 Å². The zero-order chi connectivity index (χ0) is 18.8. The lowest BCUT2D eigenvalue weighted by molar-refractivity contribution is 0.353. The second-order valence-corrected chi connectivity index (χ2v) is 10.6. The van der Waals surface area contributed by atoms with E-state index in [1.54, 1.807) is 32.2 Å². The molecule has 1 saturated heterocycles. The molecule has 0 bridgehead atoms. The molecule has 1 aliphatic heterocycles. The van der Waals surface area contributed by atoms with Crippen molar-refractivity contribution in [2.45, 2.75) is 25.1 Å². The minimum absolute atomic E-state index is 0. The Labute approximate surface area is 182 Å². The summed E-state index contributed by atoms with van der Waals surface area (Å²) in [7, 11) is -1.35. The van der Waals surface area contributed by atoms with Gasteiger partial charge in [0.15, 0.2) is 15.8 Å². The first-order valence-corrected chi connectivity index (χ1v) is 11.0. The summed E-state index contributed by atoms with van der Waals surface area (Å²) in [5.74, 6) is 0.861. The van der Waals surface area contributed by atoms with E-state index in [1.807, 2.05) is 40.6 Å². The average molecular weight is 520 g/mol. The third-order valence-corrected chi connectivity index (χ3v) is 7.96. The number of halogens is 1. The van der Waals surface area contributed by atoms with E-state index in [4.69, 9.17) is 0 Å². The largest absolute Gasteiger partial charge is 0.350 e. The van der Waals surface area contributed by atoms with Gasteiger partial charge in [-0.25, -0.2) is 13.4 Å². The highest BCUT2D eigenvalue weighted by Crippen LogP contribution is 2.24. The van der Waals surface area contributed by atoms with E-state index in [0.29, 0.717) is 25.6 Å². The van der Waals surface area contributed by atoms with Crippen molar-refractivity contribution in [2.24, 2.45) is 4.99 Å². The summed E-state index contributed by atoms with van der Waals surface area (Å²) in [6.07, 6.45) is 0. The van der Waals surface area contributed by atoms with E-state index in [1.165, 1.54) is 0 Å². The summed E-state index contributed by atoms with van der Waals surface area (Å²) < 4.78 is 23.6. The molecule has 148 valence electrons. The van der Waals surface area contributed by atoms with Crippen LogP contribution in [0, 0.1) is 0 Å². The number of benzene rings is 1. The predicted octanol–water partition coefficient (Wildman–Crippen LogP) is 3.01. The molecular weight excluding hydrogens is 495 g/mol. The molecule has 1 N–H and O–H groups in total. The molecule has 2 aromatic rings. The van der Waals surface area contributed by atoms with Gasteiger partial charge in [-0.05, 0) is 13.8 Å². The van der Waals surface area contributed by atoms with Crippen molar-refractivity contribution in [3.63, 3.8) is 0 Å². The molecule has 1 fully saturated rings. The number of aromatic nitrogens is 1. The summed E-state index contributed by atoms with van der Waals surface area (Å²) in [5, 5.41) is 6.33. The van der Waals surface area contributed by atoms with Crippen molar-refractivity contribution in [2.75, 3.05) is 25.9 Å². The number of rotatable bonds is 3. The summed E-state index contributed by atoms with van der Waals surface area (Å²) in [4.78, 5) is 11.0. The topological polar surface area (TPSA) is 74.7 Å². The summed E-state index contributed by atoms with van der Waals surface area (Å²) in [6, 6.07) is 10.1. The lowest BCUT2D eigenvalue weighted by atomic mass is 10.2. The second-order valence-electron chi connectivity index (χ2n) is 6.89. The monoisotopic (exact) mass is 520 g/mol. The van der Waals surface area contributed by atoms with Gasteiger partial charge in [0.05, 0.1) is 22.7 Å². The van der Waals surface area contributed by atoms with Crippen LogP contribution in [-0.4, -0.2) is 54.9 Å². The van der Waals surface area contributed by atoms with Crippen LogP contribution in [0.25, 0.3) is 11.3 Å². The van der Waals surface area contributed by atoms with Gasteiger partial charge < -0.3 is 10.2 Å². The van der Waals surface area contributed by atoms with Crippen LogP contribution in [0.4, 0.5) is 0 Å². The summed E-state index contributed by atoms with van der Waals surface area (Å²) in [5.41, 5.74) is 2.06. The molecular formula is C18H25IN4O2S2. The third kappa shape index (κ3) is 5.00. The molecule has 1 aliphatic rings. The number of sulfone groups is 1. The molecule has 3 rings (SSSR count). The fourth-order valence-corrected chi connectivity index (χ4v) is 5.05. The first-order valence-electron chi connectivity index (χ1n) is 8.50. The zero-order valence-corrected chi connectivity index (χ0v) is 19.6. The van der Waals surface area contributed by atoms with E-state index in [2.05, 4.69) is 15.3 Å². The van der Waals surface area contributed by atoms with Gasteiger partial charge >= 0.3 is 0 Å². The number of hydrogen-bond acceptors (Lipinski definition) is 5. The Morgan fingerprint density at radius 3 is 2.67 bits per heavy atom. The number of guanidine groups is 1. The Balaban J connectivity index is 0.00000261. The first kappa shape index (κ1) is 22.1. The van der Waals surface area contributed by atoms with Gasteiger partial charge in [-0.2, -0.15) is 0 Å². The fourth-order valence-electron chi connectivity index (χ4n) is 2.95. The van der Waals surface area contributed by atoms with Crippen LogP contribution in [0.15, 0.2) is 40.7 Å². The van der Waals surface area contributed by atoms with Crippen LogP contribution in [0.2, 0.25) is 0 Å². The van der Waals surface area contributed by atoms with Crippen molar-refractivity contribution in [3.05, 3.63) is 40.7 Å². The SMILES string of the molecule is CN=C(NCc1nc(-c2ccccc2)cs1)N1CCS(=O)(=O)C(C)(C)C1.I. The molecule has 0 aliphatic carbocycles. The Kier molecular flexibility index (Phi) is 7.26. The molecule has 9 heteroatoms. The maximum absolute atomic E-state index is 12.2. The molecule has 0 radical (unpaired) electrons. The van der Waals surface area contributed by atoms with E-state index < -0.39 is 14.6 Å². The molecule has 1 aromatic carbocycles. The number of nitrogens with zero attached hydrogens (tertiary/aromatic N) is 3. The van der Waals surface area contributed by atoms with Crippen molar-refractivity contribution in [1.29, 1.82) is 0 Å². The van der Waals surface area contributed by atoms with Crippen molar-refractivity contribution >= 4 is 51.1 Å². The predicted molar refractivity (Wildman–Crippen MR) is 123 cm³/mol. The minimum atomic E-state index is -3.06. The van der Waals surface area contributed by atoms with Gasteiger partial charge in [0.25, 0.3) is 0 Å². The molecule has 2 heterocycles. The van der Waals surface area contributed by atoms with E-state index in [-0.39, 0.29) is 29.7 Å². The van der Waals surface area contributed by atoms with Crippen LogP contribution in [0.1, 0.15) is 18.9 Å². The lowest BCUT2D eigenvalue weighted by Crippen LogP contribution is -2.57. The molecule has 27 heavy (non-hydrogen) atoms. The smallest absolute Gasteiger partial charge is 0.194 e. The number of hydrogen-bond donors (Lipinski definition) is 1. The molecule has 0 spiro atoms. The van der Waals surface area contributed by atoms with Gasteiger partial charge in [0.2, 0.25) is 0 Å². The number of nitrogens with one attached hydrogen (secondary N) is 1. The Bertz CT molecular complexity index is 895. The summed E-state index contributed by atoms with van der Waals surface area (Å²) >= 11 is 1.60. The highest BCUT2D eigenvalue weighted by atomic mass is 127. The maximum atomic E-state index is 12.2. The van der Waals surface area contributed by atoms with Gasteiger partial charge in [0.1, 0.15) is 5.01 Å².